The Bertz CT molecular complexity index is 2800. The van der Waals surface area contributed by atoms with Gasteiger partial charge in [-0.1, -0.05) is 60.7 Å². The van der Waals surface area contributed by atoms with E-state index in [0.717, 1.165) is 74.5 Å². The SMILES string of the molecule is CC(C)(C)OC(=O)N1CCC[C@H](c2ccccn2)C1.CC(C)(C)OC(=O)N1CCC[C@H](c2ccccn2)C1.O=C(Cl)OCc1ccccc1.O=C1C[C@H](c2ccccn2)CNC1=O.c1ccc([C@H]2CCCNC2)nc1.c1ccc([C@H]2CCCNC2)nc1. The van der Waals surface area contributed by atoms with Crippen molar-refractivity contribution in [1.29, 1.82) is 0 Å². The van der Waals surface area contributed by atoms with E-state index in [-0.39, 0.29) is 36.9 Å². The predicted molar refractivity (Wildman–Crippen MR) is 338 cm³/mol. The van der Waals surface area contributed by atoms with Gasteiger partial charge in [-0.25, -0.2) is 14.4 Å². The molecule has 0 saturated carbocycles. The van der Waals surface area contributed by atoms with Gasteiger partial charge in [0.2, 0.25) is 5.78 Å². The lowest BCUT2D eigenvalue weighted by Crippen LogP contribution is -2.42. The molecule has 87 heavy (non-hydrogen) atoms. The number of pyridine rings is 5. The van der Waals surface area contributed by atoms with Gasteiger partial charge in [-0.3, -0.25) is 34.5 Å². The van der Waals surface area contributed by atoms with Crippen molar-refractivity contribution in [2.75, 3.05) is 58.9 Å². The molecule has 5 atom stereocenters. The van der Waals surface area contributed by atoms with Crippen molar-refractivity contribution in [3.05, 3.63) is 186 Å². The molecule has 5 aromatic heterocycles. The van der Waals surface area contributed by atoms with E-state index in [0.29, 0.717) is 43.3 Å². The van der Waals surface area contributed by atoms with E-state index in [1.165, 1.54) is 50.2 Å². The van der Waals surface area contributed by atoms with E-state index in [2.05, 4.69) is 69.9 Å². The van der Waals surface area contributed by atoms with Crippen LogP contribution in [0.25, 0.3) is 0 Å². The Hall–Kier alpha value is -7.67. The molecule has 0 spiro atoms. The molecule has 6 aromatic rings. The Balaban J connectivity index is 0.000000169. The van der Waals surface area contributed by atoms with Gasteiger partial charge in [0.05, 0.1) is 0 Å². The molecular weight excluding hydrogens is 1120 g/mol. The molecule has 0 aliphatic carbocycles. The van der Waals surface area contributed by atoms with Gasteiger partial charge in [0, 0.05) is 153 Å². The van der Waals surface area contributed by atoms with Crippen molar-refractivity contribution in [3.63, 3.8) is 0 Å². The third-order valence-electron chi connectivity index (χ3n) is 14.7. The standard InChI is InChI=1S/2C15H22N2O2.C10H10N2O2.2C10H14N2.C8H7ClO2/c2*1-15(2,3)19-14(18)17-10-6-7-12(11-17)13-8-4-5-9-16-13;13-9-5-7(6-12-10(9)14)8-3-1-2-4-11-8;2*1-2-7-12-10(5-1)9-4-3-6-11-8-9;9-8(10)11-6-7-4-2-1-3-5-7/h2*4-5,8-9,12H,6-7,10-11H2,1-3H3;1-4,7H,5-6H2,(H,12,14);2*1-2,5,7,9,11H,3-4,6,8H2;1-5H,6H2/t2*12-;7-;2*9-;/m00000./s1. The minimum atomic E-state index is -0.770. The molecule has 5 saturated heterocycles. The molecule has 3 amide bonds. The highest BCUT2D eigenvalue weighted by molar-refractivity contribution is 6.61. The minimum Gasteiger partial charge on any atom is -0.449 e. The third-order valence-corrected chi connectivity index (χ3v) is 14.8. The Labute approximate surface area is 519 Å². The molecule has 5 fully saturated rings. The number of carbonyl (C=O) groups excluding carboxylic acids is 5. The third kappa shape index (κ3) is 26.1. The number of nitrogens with one attached hydrogen (secondary N) is 3. The number of hydrogen-bond donors (Lipinski definition) is 3. The van der Waals surface area contributed by atoms with Gasteiger partial charge < -0.3 is 40.0 Å². The smallest absolute Gasteiger partial charge is 0.410 e. The Morgan fingerprint density at radius 2 is 0.862 bits per heavy atom. The summed E-state index contributed by atoms with van der Waals surface area (Å²) in [6.07, 6.45) is 18.2. The summed E-state index contributed by atoms with van der Waals surface area (Å²) in [7, 11) is 0. The first-order valence-corrected chi connectivity index (χ1v) is 30.9. The summed E-state index contributed by atoms with van der Waals surface area (Å²) in [6.45, 7) is 19.6. The first-order valence-electron chi connectivity index (χ1n) is 30.5. The first kappa shape index (κ1) is 68.4. The van der Waals surface area contributed by atoms with Crippen molar-refractivity contribution in [1.82, 2.24) is 50.7 Å². The number of ether oxygens (including phenoxy) is 3. The average Bonchev–Trinajstić information content (AvgIpc) is 3.63. The fraction of sp³-hybridized carbons (Fsp3) is 0.471. The molecule has 466 valence electrons. The maximum absolute atomic E-state index is 12.1. The van der Waals surface area contributed by atoms with Gasteiger partial charge >= 0.3 is 17.6 Å². The average molecular weight is 1210 g/mol. The Morgan fingerprint density at radius 3 is 1.20 bits per heavy atom. The number of likely N-dealkylation sites (tertiary alicyclic amines) is 2. The summed E-state index contributed by atoms with van der Waals surface area (Å²) in [4.78, 5) is 81.6. The highest BCUT2D eigenvalue weighted by atomic mass is 35.5. The number of ketones is 1. The van der Waals surface area contributed by atoms with Gasteiger partial charge in [0.1, 0.15) is 17.8 Å². The topological polar surface area (TPSA) is 220 Å². The van der Waals surface area contributed by atoms with Crippen LogP contribution in [0.3, 0.4) is 0 Å². The normalized spacial score (nSPS) is 20.1. The molecular formula is C68H89ClN10O8. The lowest BCUT2D eigenvalue weighted by atomic mass is 9.94. The number of rotatable bonds is 7. The molecule has 1 aromatic carbocycles. The van der Waals surface area contributed by atoms with Crippen LogP contribution < -0.4 is 16.0 Å². The van der Waals surface area contributed by atoms with Crippen LogP contribution in [0.2, 0.25) is 0 Å². The zero-order chi connectivity index (χ0) is 62.3. The van der Waals surface area contributed by atoms with Crippen LogP contribution in [-0.2, 0) is 30.4 Å². The molecule has 10 heterocycles. The zero-order valence-electron chi connectivity index (χ0n) is 51.5. The maximum atomic E-state index is 12.1. The molecule has 0 bridgehead atoms. The monoisotopic (exact) mass is 1210 g/mol. The van der Waals surface area contributed by atoms with Crippen molar-refractivity contribution >= 4 is 40.9 Å². The van der Waals surface area contributed by atoms with E-state index in [9.17, 15) is 24.0 Å². The molecule has 0 radical (unpaired) electrons. The van der Waals surface area contributed by atoms with Gasteiger partial charge in [0.15, 0.2) is 0 Å². The van der Waals surface area contributed by atoms with Crippen LogP contribution in [-0.4, -0.2) is 134 Å². The molecule has 19 heteroatoms. The Morgan fingerprint density at radius 1 is 0.494 bits per heavy atom. The van der Waals surface area contributed by atoms with Crippen LogP contribution in [0.1, 0.15) is 163 Å². The van der Waals surface area contributed by atoms with Crippen LogP contribution in [0.15, 0.2) is 152 Å². The van der Waals surface area contributed by atoms with Crippen LogP contribution in [0.5, 0.6) is 0 Å². The number of amides is 3. The molecule has 18 nitrogen and oxygen atoms in total. The van der Waals surface area contributed by atoms with Crippen molar-refractivity contribution < 1.29 is 38.2 Å². The van der Waals surface area contributed by atoms with Gasteiger partial charge in [-0.2, -0.15) is 0 Å². The van der Waals surface area contributed by atoms with Crippen LogP contribution >= 0.6 is 11.6 Å². The number of hydrogen-bond acceptors (Lipinski definition) is 15. The lowest BCUT2D eigenvalue weighted by molar-refractivity contribution is -0.139. The van der Waals surface area contributed by atoms with E-state index in [1.807, 2.05) is 163 Å². The van der Waals surface area contributed by atoms with E-state index >= 15 is 0 Å². The summed E-state index contributed by atoms with van der Waals surface area (Å²) in [6, 6.07) is 39.1. The zero-order valence-corrected chi connectivity index (χ0v) is 52.3. The fourth-order valence-corrected chi connectivity index (χ4v) is 10.4. The highest BCUT2D eigenvalue weighted by Crippen LogP contribution is 2.29. The lowest BCUT2D eigenvalue weighted by Gasteiger charge is -2.33. The highest BCUT2D eigenvalue weighted by Gasteiger charge is 2.31. The second-order valence-corrected chi connectivity index (χ2v) is 24.2. The van der Waals surface area contributed by atoms with Crippen molar-refractivity contribution in [3.8, 4) is 0 Å². The van der Waals surface area contributed by atoms with Crippen molar-refractivity contribution in [2.45, 2.75) is 147 Å². The number of aromatic nitrogens is 5. The quantitative estimate of drug-likeness (QED) is 0.0769. The van der Waals surface area contributed by atoms with Gasteiger partial charge in [0.25, 0.3) is 5.91 Å². The number of Topliss-reactive ketones (excluding diaryl/α,β-unsaturated/α-hetero) is 1. The summed E-state index contributed by atoms with van der Waals surface area (Å²) in [5.41, 5.74) is 4.77. The number of nitrogens with zero attached hydrogens (tertiary/aromatic N) is 7. The van der Waals surface area contributed by atoms with Gasteiger partial charge in [-0.15, -0.1) is 0 Å². The number of halogens is 1. The number of piperidine rings is 5. The molecule has 5 aliphatic rings. The summed E-state index contributed by atoms with van der Waals surface area (Å²) in [5.74, 6) is 1.12. The predicted octanol–water partition coefficient (Wildman–Crippen LogP) is 12.3. The molecule has 11 rings (SSSR count). The molecule has 0 unspecified atom stereocenters. The Kier molecular flexibility index (Phi) is 28.7. The summed E-state index contributed by atoms with van der Waals surface area (Å²) >= 11 is 4.97. The molecule has 3 N–H and O–H groups in total. The first-order chi connectivity index (χ1) is 41.9. The van der Waals surface area contributed by atoms with Crippen LogP contribution in [0, 0.1) is 0 Å². The number of benzene rings is 1. The maximum Gasteiger partial charge on any atom is 0.410 e. The van der Waals surface area contributed by atoms with E-state index in [1.54, 1.807) is 16.0 Å². The second kappa shape index (κ2) is 36.5. The summed E-state index contributed by atoms with van der Waals surface area (Å²) in [5, 5.41) is 9.34. The van der Waals surface area contributed by atoms with Crippen molar-refractivity contribution in [2.24, 2.45) is 0 Å². The van der Waals surface area contributed by atoms with E-state index in [4.69, 9.17) is 21.1 Å². The number of carbonyl (C=O) groups is 5. The second-order valence-electron chi connectivity index (χ2n) is 23.9. The summed E-state index contributed by atoms with van der Waals surface area (Å²) < 4.78 is 15.4. The fourth-order valence-electron chi connectivity index (χ4n) is 10.3. The largest absolute Gasteiger partial charge is 0.449 e. The van der Waals surface area contributed by atoms with Gasteiger partial charge in [-0.05, 0) is 172 Å². The minimum absolute atomic E-state index is 0.0291. The van der Waals surface area contributed by atoms with E-state index < -0.39 is 22.5 Å². The van der Waals surface area contributed by atoms with Crippen LogP contribution in [0.4, 0.5) is 14.4 Å². The molecule has 5 aliphatic heterocycles.